The van der Waals surface area contributed by atoms with E-state index in [9.17, 15) is 14.4 Å². The quantitative estimate of drug-likeness (QED) is 0.691. The zero-order valence-corrected chi connectivity index (χ0v) is 17.2. The summed E-state index contributed by atoms with van der Waals surface area (Å²) in [6, 6.07) is 12.3. The molecule has 2 aromatic carbocycles. The van der Waals surface area contributed by atoms with Gasteiger partial charge >= 0.3 is 5.97 Å². The Morgan fingerprint density at radius 3 is 2.34 bits per heavy atom. The van der Waals surface area contributed by atoms with Gasteiger partial charge < -0.3 is 19.7 Å². The van der Waals surface area contributed by atoms with Crippen molar-refractivity contribution in [2.24, 2.45) is 0 Å². The molecule has 2 aromatic rings. The van der Waals surface area contributed by atoms with E-state index in [-0.39, 0.29) is 25.5 Å². The molecule has 0 saturated heterocycles. The van der Waals surface area contributed by atoms with Crippen LogP contribution in [0, 0.1) is 13.8 Å². The molecule has 2 rings (SSSR count). The topological polar surface area (TPSA) is 84.9 Å². The van der Waals surface area contributed by atoms with Crippen LogP contribution in [0.5, 0.6) is 5.75 Å². The molecule has 154 valence electrons. The van der Waals surface area contributed by atoms with Crippen molar-refractivity contribution in [2.45, 2.75) is 20.3 Å². The standard InChI is InChI=1S/C22H26N2O5/c1-15-5-6-16(2)19(13-15)28-12-11-21(26)29-14-20(25)23-18-9-7-17(8-10-18)22(27)24(3)4/h5-10,13H,11-12,14H2,1-4H3,(H,23,25). The number of aryl methyl sites for hydroxylation is 2. The third kappa shape index (κ3) is 6.95. The first-order chi connectivity index (χ1) is 13.8. The maximum Gasteiger partial charge on any atom is 0.309 e. The Bertz CT molecular complexity index is 875. The number of hydrogen-bond donors (Lipinski definition) is 1. The van der Waals surface area contributed by atoms with Gasteiger partial charge in [0.15, 0.2) is 6.61 Å². The predicted molar refractivity (Wildman–Crippen MR) is 110 cm³/mol. The summed E-state index contributed by atoms with van der Waals surface area (Å²) in [6.07, 6.45) is 0.0437. The van der Waals surface area contributed by atoms with Crippen molar-refractivity contribution >= 4 is 23.5 Å². The van der Waals surface area contributed by atoms with Gasteiger partial charge in [0, 0.05) is 25.3 Å². The van der Waals surface area contributed by atoms with Crippen LogP contribution in [0.4, 0.5) is 5.69 Å². The third-order valence-corrected chi connectivity index (χ3v) is 4.09. The summed E-state index contributed by atoms with van der Waals surface area (Å²) < 4.78 is 10.6. The second-order valence-electron chi connectivity index (χ2n) is 6.85. The van der Waals surface area contributed by atoms with E-state index in [4.69, 9.17) is 9.47 Å². The summed E-state index contributed by atoms with van der Waals surface area (Å²) in [5.41, 5.74) is 3.09. The highest BCUT2D eigenvalue weighted by atomic mass is 16.5. The maximum absolute atomic E-state index is 11.9. The molecule has 0 fully saturated rings. The number of benzene rings is 2. The summed E-state index contributed by atoms with van der Waals surface area (Å²) in [4.78, 5) is 37.0. The molecule has 0 aromatic heterocycles. The van der Waals surface area contributed by atoms with Crippen LogP contribution in [0.3, 0.4) is 0 Å². The lowest BCUT2D eigenvalue weighted by Gasteiger charge is -2.11. The maximum atomic E-state index is 11.9. The predicted octanol–water partition coefficient (Wildman–Crippen LogP) is 2.96. The number of amides is 2. The summed E-state index contributed by atoms with van der Waals surface area (Å²) in [7, 11) is 3.33. The minimum atomic E-state index is -0.516. The summed E-state index contributed by atoms with van der Waals surface area (Å²) in [5.74, 6) is -0.371. The minimum absolute atomic E-state index is 0.0437. The molecular formula is C22H26N2O5. The van der Waals surface area contributed by atoms with Crippen molar-refractivity contribution in [3.8, 4) is 5.75 Å². The molecule has 0 saturated carbocycles. The number of anilines is 1. The molecule has 7 nitrogen and oxygen atoms in total. The van der Waals surface area contributed by atoms with Gasteiger partial charge in [0.05, 0.1) is 13.0 Å². The highest BCUT2D eigenvalue weighted by Crippen LogP contribution is 2.19. The molecular weight excluding hydrogens is 372 g/mol. The Hall–Kier alpha value is -3.35. The lowest BCUT2D eigenvalue weighted by Crippen LogP contribution is -2.22. The Kier molecular flexibility index (Phi) is 7.77. The van der Waals surface area contributed by atoms with Gasteiger partial charge in [0.25, 0.3) is 11.8 Å². The third-order valence-electron chi connectivity index (χ3n) is 4.09. The zero-order valence-electron chi connectivity index (χ0n) is 17.2. The Balaban J connectivity index is 1.72. The Labute approximate surface area is 170 Å². The molecule has 7 heteroatoms. The van der Waals surface area contributed by atoms with Crippen molar-refractivity contribution in [3.05, 3.63) is 59.2 Å². The fourth-order valence-corrected chi connectivity index (χ4v) is 2.48. The van der Waals surface area contributed by atoms with Crippen molar-refractivity contribution in [3.63, 3.8) is 0 Å². The smallest absolute Gasteiger partial charge is 0.309 e. The number of ether oxygens (including phenoxy) is 2. The molecule has 1 N–H and O–H groups in total. The van der Waals surface area contributed by atoms with Gasteiger partial charge in [-0.2, -0.15) is 0 Å². The average molecular weight is 398 g/mol. The second kappa shape index (κ2) is 10.3. The molecule has 0 heterocycles. The number of carbonyl (C=O) groups is 3. The van der Waals surface area contributed by atoms with Crippen molar-refractivity contribution < 1.29 is 23.9 Å². The average Bonchev–Trinajstić information content (AvgIpc) is 2.69. The van der Waals surface area contributed by atoms with Crippen LogP contribution in [-0.4, -0.2) is 50.0 Å². The number of hydrogen-bond acceptors (Lipinski definition) is 5. The van der Waals surface area contributed by atoms with Gasteiger partial charge in [-0.25, -0.2) is 0 Å². The number of esters is 1. The van der Waals surface area contributed by atoms with E-state index in [0.717, 1.165) is 16.9 Å². The Morgan fingerprint density at radius 2 is 1.69 bits per heavy atom. The van der Waals surface area contributed by atoms with Gasteiger partial charge in [0.1, 0.15) is 5.75 Å². The van der Waals surface area contributed by atoms with Gasteiger partial charge in [0.2, 0.25) is 0 Å². The molecule has 0 radical (unpaired) electrons. The molecule has 0 unspecified atom stereocenters. The van der Waals surface area contributed by atoms with Crippen LogP contribution in [-0.2, 0) is 14.3 Å². The van der Waals surface area contributed by atoms with E-state index in [2.05, 4.69) is 5.32 Å². The number of nitrogens with one attached hydrogen (secondary N) is 1. The van der Waals surface area contributed by atoms with E-state index < -0.39 is 11.9 Å². The van der Waals surface area contributed by atoms with E-state index in [1.54, 1.807) is 38.4 Å². The monoisotopic (exact) mass is 398 g/mol. The number of carbonyl (C=O) groups excluding carboxylic acids is 3. The SMILES string of the molecule is Cc1ccc(C)c(OCCC(=O)OCC(=O)Nc2ccc(C(=O)N(C)C)cc2)c1. The van der Waals surface area contributed by atoms with E-state index in [0.29, 0.717) is 11.3 Å². The molecule has 29 heavy (non-hydrogen) atoms. The summed E-state index contributed by atoms with van der Waals surface area (Å²) in [6.45, 7) is 3.68. The van der Waals surface area contributed by atoms with Gasteiger partial charge in [-0.1, -0.05) is 12.1 Å². The lowest BCUT2D eigenvalue weighted by molar-refractivity contribution is -0.147. The fourth-order valence-electron chi connectivity index (χ4n) is 2.48. The Morgan fingerprint density at radius 1 is 1.00 bits per heavy atom. The van der Waals surface area contributed by atoms with Crippen LogP contribution in [0.1, 0.15) is 27.9 Å². The van der Waals surface area contributed by atoms with E-state index in [1.807, 2.05) is 32.0 Å². The highest BCUT2D eigenvalue weighted by Gasteiger charge is 2.11. The van der Waals surface area contributed by atoms with Crippen molar-refractivity contribution in [2.75, 3.05) is 32.6 Å². The zero-order chi connectivity index (χ0) is 21.4. The number of nitrogens with zero attached hydrogens (tertiary/aromatic N) is 1. The molecule has 2 amide bonds. The normalized spacial score (nSPS) is 10.2. The molecule has 0 atom stereocenters. The molecule has 0 bridgehead atoms. The van der Waals surface area contributed by atoms with Crippen molar-refractivity contribution in [1.29, 1.82) is 0 Å². The van der Waals surface area contributed by atoms with Crippen LogP contribution < -0.4 is 10.1 Å². The van der Waals surface area contributed by atoms with Crippen LogP contribution >= 0.6 is 0 Å². The molecule has 0 spiro atoms. The summed E-state index contributed by atoms with van der Waals surface area (Å²) in [5, 5.41) is 2.62. The lowest BCUT2D eigenvalue weighted by atomic mass is 10.1. The number of rotatable bonds is 8. The minimum Gasteiger partial charge on any atom is -0.493 e. The van der Waals surface area contributed by atoms with Crippen LogP contribution in [0.15, 0.2) is 42.5 Å². The first-order valence-electron chi connectivity index (χ1n) is 9.23. The summed E-state index contributed by atoms with van der Waals surface area (Å²) >= 11 is 0. The highest BCUT2D eigenvalue weighted by molar-refractivity contribution is 5.96. The van der Waals surface area contributed by atoms with E-state index >= 15 is 0 Å². The first kappa shape index (κ1) is 21.9. The largest absolute Gasteiger partial charge is 0.493 e. The van der Waals surface area contributed by atoms with Gasteiger partial charge in [-0.15, -0.1) is 0 Å². The first-order valence-corrected chi connectivity index (χ1v) is 9.23. The second-order valence-corrected chi connectivity index (χ2v) is 6.85. The van der Waals surface area contributed by atoms with E-state index in [1.165, 1.54) is 4.90 Å². The molecule has 0 aliphatic rings. The molecule has 0 aliphatic carbocycles. The van der Waals surface area contributed by atoms with Gasteiger partial charge in [-0.3, -0.25) is 14.4 Å². The van der Waals surface area contributed by atoms with Crippen molar-refractivity contribution in [1.82, 2.24) is 4.90 Å². The van der Waals surface area contributed by atoms with Gasteiger partial charge in [-0.05, 0) is 55.3 Å². The van der Waals surface area contributed by atoms with Crippen LogP contribution in [0.25, 0.3) is 0 Å². The van der Waals surface area contributed by atoms with Crippen LogP contribution in [0.2, 0.25) is 0 Å². The molecule has 0 aliphatic heterocycles. The fraction of sp³-hybridized carbons (Fsp3) is 0.318.